The van der Waals surface area contributed by atoms with Gasteiger partial charge in [-0.25, -0.2) is 0 Å². The summed E-state index contributed by atoms with van der Waals surface area (Å²) in [5, 5.41) is 7.62. The standard InChI is InChI=1S/C52H34N2S/c1-2-14-36-33-38(28-27-35(36)13-1)37-15-11-16-41(34-37)53(39-29-31-40(32-30-39)54-48-23-8-3-17-42(48)43-18-4-9-24-49(43)54)47-22-7-5-19-44(47)45-21-12-26-51-52(45)46-20-6-10-25-50(46)55-51/h1-34H. The number of hydrogen-bond donors (Lipinski definition) is 0. The summed E-state index contributed by atoms with van der Waals surface area (Å²) in [4.78, 5) is 2.43. The van der Waals surface area contributed by atoms with Crippen LogP contribution in [0.3, 0.4) is 0 Å². The molecule has 0 unspecified atom stereocenters. The summed E-state index contributed by atoms with van der Waals surface area (Å²) in [7, 11) is 0. The van der Waals surface area contributed by atoms with Crippen LogP contribution >= 0.6 is 11.3 Å². The molecule has 0 aliphatic carbocycles. The van der Waals surface area contributed by atoms with E-state index in [1.807, 2.05) is 11.3 Å². The van der Waals surface area contributed by atoms with Gasteiger partial charge in [0.05, 0.1) is 16.7 Å². The summed E-state index contributed by atoms with van der Waals surface area (Å²) >= 11 is 1.86. The van der Waals surface area contributed by atoms with Crippen LogP contribution in [0.2, 0.25) is 0 Å². The van der Waals surface area contributed by atoms with Crippen molar-refractivity contribution in [1.82, 2.24) is 4.57 Å². The summed E-state index contributed by atoms with van der Waals surface area (Å²) in [6.07, 6.45) is 0. The zero-order valence-electron chi connectivity index (χ0n) is 29.9. The second-order valence-corrected chi connectivity index (χ2v) is 15.2. The Kier molecular flexibility index (Phi) is 7.39. The van der Waals surface area contributed by atoms with Crippen LogP contribution in [0.25, 0.3) is 80.7 Å². The van der Waals surface area contributed by atoms with E-state index in [-0.39, 0.29) is 0 Å². The minimum atomic E-state index is 1.09. The number of benzene rings is 9. The lowest BCUT2D eigenvalue weighted by molar-refractivity contribution is 1.17. The third-order valence-electron chi connectivity index (χ3n) is 11.0. The Morgan fingerprint density at radius 3 is 1.82 bits per heavy atom. The lowest BCUT2D eigenvalue weighted by Crippen LogP contribution is -2.11. The number of nitrogens with zero attached hydrogens (tertiary/aromatic N) is 2. The number of hydrogen-bond acceptors (Lipinski definition) is 2. The molecule has 0 fully saturated rings. The van der Waals surface area contributed by atoms with Crippen molar-refractivity contribution < 1.29 is 0 Å². The Labute approximate surface area is 323 Å². The summed E-state index contributed by atoms with van der Waals surface area (Å²) in [5.74, 6) is 0. The van der Waals surface area contributed by atoms with Crippen molar-refractivity contribution in [2.75, 3.05) is 4.90 Å². The number of thiophene rings is 1. The van der Waals surface area contributed by atoms with E-state index in [4.69, 9.17) is 0 Å². The van der Waals surface area contributed by atoms with Crippen molar-refractivity contribution in [3.8, 4) is 27.9 Å². The molecule has 0 spiro atoms. The summed E-state index contributed by atoms with van der Waals surface area (Å²) in [6.45, 7) is 0. The highest BCUT2D eigenvalue weighted by atomic mass is 32.1. The van der Waals surface area contributed by atoms with Crippen LogP contribution in [0, 0.1) is 0 Å². The van der Waals surface area contributed by atoms with Crippen molar-refractivity contribution in [2.45, 2.75) is 0 Å². The number of para-hydroxylation sites is 3. The molecule has 3 heteroatoms. The minimum Gasteiger partial charge on any atom is -0.310 e. The maximum absolute atomic E-state index is 2.43. The van der Waals surface area contributed by atoms with Crippen molar-refractivity contribution in [2.24, 2.45) is 0 Å². The zero-order valence-corrected chi connectivity index (χ0v) is 30.7. The van der Waals surface area contributed by atoms with Crippen LogP contribution in [0.4, 0.5) is 17.1 Å². The van der Waals surface area contributed by atoms with Gasteiger partial charge in [0.25, 0.3) is 0 Å². The average molecular weight is 719 g/mol. The van der Waals surface area contributed by atoms with Gasteiger partial charge in [-0.1, -0.05) is 133 Å². The van der Waals surface area contributed by atoms with Gasteiger partial charge in [-0.05, 0) is 100 Å². The highest BCUT2D eigenvalue weighted by molar-refractivity contribution is 7.25. The predicted octanol–water partition coefficient (Wildman–Crippen LogP) is 15.1. The molecule has 0 amide bonds. The molecule has 0 saturated carbocycles. The first-order valence-electron chi connectivity index (χ1n) is 18.8. The lowest BCUT2D eigenvalue weighted by Gasteiger charge is -2.29. The Bertz CT molecular complexity index is 3170. The first-order valence-corrected chi connectivity index (χ1v) is 19.6. The van der Waals surface area contributed by atoms with Crippen molar-refractivity contribution in [3.63, 3.8) is 0 Å². The van der Waals surface area contributed by atoms with E-state index in [0.29, 0.717) is 0 Å². The van der Waals surface area contributed by atoms with Gasteiger partial charge < -0.3 is 9.47 Å². The molecule has 258 valence electrons. The second kappa shape index (κ2) is 12.9. The van der Waals surface area contributed by atoms with Gasteiger partial charge in [0.2, 0.25) is 0 Å². The van der Waals surface area contributed by atoms with Crippen molar-refractivity contribution in [1.29, 1.82) is 0 Å². The van der Waals surface area contributed by atoms with Gasteiger partial charge in [-0.3, -0.25) is 0 Å². The lowest BCUT2D eigenvalue weighted by atomic mass is 9.96. The molecule has 0 atom stereocenters. The highest BCUT2D eigenvalue weighted by Crippen LogP contribution is 2.46. The maximum Gasteiger partial charge on any atom is 0.0541 e. The van der Waals surface area contributed by atoms with E-state index >= 15 is 0 Å². The fraction of sp³-hybridized carbons (Fsp3) is 0. The van der Waals surface area contributed by atoms with Crippen LogP contribution in [0.15, 0.2) is 206 Å². The zero-order chi connectivity index (χ0) is 36.3. The molecule has 2 heterocycles. The SMILES string of the molecule is c1cc(-c2ccc3ccccc3c2)cc(N(c2ccc(-n3c4ccccc4c4ccccc43)cc2)c2ccccc2-c2cccc3sc4ccccc4c23)c1. The smallest absolute Gasteiger partial charge is 0.0541 e. The summed E-state index contributed by atoms with van der Waals surface area (Å²) in [5.41, 5.74) is 11.7. The molecule has 2 aromatic heterocycles. The Balaban J connectivity index is 1.11. The summed E-state index contributed by atoms with van der Waals surface area (Å²) < 4.78 is 4.99. The van der Waals surface area contributed by atoms with E-state index in [1.54, 1.807) is 0 Å². The molecule has 2 nitrogen and oxygen atoms in total. The molecule has 11 aromatic rings. The predicted molar refractivity (Wildman–Crippen MR) is 237 cm³/mol. The Morgan fingerprint density at radius 1 is 0.382 bits per heavy atom. The quantitative estimate of drug-likeness (QED) is 0.166. The molecule has 0 radical (unpaired) electrons. The minimum absolute atomic E-state index is 1.09. The molecule has 0 bridgehead atoms. The van der Waals surface area contributed by atoms with Crippen LogP contribution in [0.1, 0.15) is 0 Å². The van der Waals surface area contributed by atoms with E-state index in [2.05, 4.69) is 216 Å². The number of rotatable bonds is 6. The third kappa shape index (κ3) is 5.24. The van der Waals surface area contributed by atoms with E-state index in [0.717, 1.165) is 22.7 Å². The Hall–Kier alpha value is -6.94. The topological polar surface area (TPSA) is 8.17 Å². The monoisotopic (exact) mass is 718 g/mol. The van der Waals surface area contributed by atoms with E-state index in [9.17, 15) is 0 Å². The van der Waals surface area contributed by atoms with Crippen LogP contribution < -0.4 is 4.90 Å². The fourth-order valence-electron chi connectivity index (χ4n) is 8.47. The van der Waals surface area contributed by atoms with Crippen molar-refractivity contribution in [3.05, 3.63) is 206 Å². The second-order valence-electron chi connectivity index (χ2n) is 14.1. The number of aromatic nitrogens is 1. The maximum atomic E-state index is 2.43. The van der Waals surface area contributed by atoms with Crippen LogP contribution in [-0.2, 0) is 0 Å². The van der Waals surface area contributed by atoms with Gasteiger partial charge in [-0.15, -0.1) is 11.3 Å². The number of fused-ring (bicyclic) bond motifs is 7. The molecular weight excluding hydrogens is 685 g/mol. The molecule has 0 N–H and O–H groups in total. The third-order valence-corrected chi connectivity index (χ3v) is 12.1. The first-order chi connectivity index (χ1) is 27.3. The summed E-state index contributed by atoms with van der Waals surface area (Å²) in [6, 6.07) is 75.2. The van der Waals surface area contributed by atoms with Gasteiger partial charge in [-0.2, -0.15) is 0 Å². The normalized spacial score (nSPS) is 11.6. The molecule has 11 rings (SSSR count). The first kappa shape index (κ1) is 31.6. The molecule has 0 aliphatic heterocycles. The highest BCUT2D eigenvalue weighted by Gasteiger charge is 2.21. The van der Waals surface area contributed by atoms with E-state index < -0.39 is 0 Å². The van der Waals surface area contributed by atoms with Gasteiger partial charge in [0.1, 0.15) is 0 Å². The fourth-order valence-corrected chi connectivity index (χ4v) is 9.60. The van der Waals surface area contributed by atoms with Crippen LogP contribution in [-0.4, -0.2) is 4.57 Å². The van der Waals surface area contributed by atoms with Crippen molar-refractivity contribution >= 4 is 81.1 Å². The van der Waals surface area contributed by atoms with E-state index in [1.165, 1.54) is 75.0 Å². The molecule has 55 heavy (non-hydrogen) atoms. The molecule has 0 aliphatic rings. The largest absolute Gasteiger partial charge is 0.310 e. The molecule has 9 aromatic carbocycles. The molecule has 0 saturated heterocycles. The average Bonchev–Trinajstić information content (AvgIpc) is 3.80. The van der Waals surface area contributed by atoms with Gasteiger partial charge >= 0.3 is 0 Å². The molecular formula is C52H34N2S. The van der Waals surface area contributed by atoms with Gasteiger partial charge in [0.15, 0.2) is 0 Å². The van der Waals surface area contributed by atoms with Crippen LogP contribution in [0.5, 0.6) is 0 Å². The number of anilines is 3. The van der Waals surface area contributed by atoms with Gasteiger partial charge in [0, 0.05) is 53.6 Å². The Morgan fingerprint density at radius 2 is 1.00 bits per heavy atom.